The van der Waals surface area contributed by atoms with E-state index in [0.717, 1.165) is 0 Å². The van der Waals surface area contributed by atoms with E-state index < -0.39 is 18.1 Å². The number of aliphatic hydroxyl groups is 2. The minimum absolute atomic E-state index is 0.315. The lowest BCUT2D eigenvalue weighted by Gasteiger charge is -2.17. The van der Waals surface area contributed by atoms with Crippen molar-refractivity contribution in [3.8, 4) is 5.75 Å². The number of hydrogen-bond acceptors (Lipinski definition) is 4. The molecule has 0 aliphatic rings. The van der Waals surface area contributed by atoms with E-state index in [1.54, 1.807) is 12.1 Å². The molecule has 0 aromatic heterocycles. The predicted octanol–water partition coefficient (Wildman–Crippen LogP) is 0.618. The SMILES string of the molecule is COc1ccc(C(O)C(O)CC(N)=O)cc1Cl. The average molecular weight is 260 g/mol. The van der Waals surface area contributed by atoms with Gasteiger partial charge in [0, 0.05) is 0 Å². The third-order valence-electron chi connectivity index (χ3n) is 2.29. The summed E-state index contributed by atoms with van der Waals surface area (Å²) in [5, 5.41) is 19.6. The first kappa shape index (κ1) is 13.8. The van der Waals surface area contributed by atoms with Crippen molar-refractivity contribution in [2.24, 2.45) is 5.73 Å². The van der Waals surface area contributed by atoms with Gasteiger partial charge in [0.1, 0.15) is 11.9 Å². The molecule has 2 atom stereocenters. The molecule has 1 amide bonds. The van der Waals surface area contributed by atoms with E-state index in [1.807, 2.05) is 0 Å². The summed E-state index contributed by atoms with van der Waals surface area (Å²) in [6, 6.07) is 4.59. The number of rotatable bonds is 5. The summed E-state index contributed by atoms with van der Waals surface area (Å²) >= 11 is 5.87. The second kappa shape index (κ2) is 5.86. The number of hydrogen-bond donors (Lipinski definition) is 3. The zero-order valence-corrected chi connectivity index (χ0v) is 10.0. The largest absolute Gasteiger partial charge is 0.495 e. The topological polar surface area (TPSA) is 92.8 Å². The van der Waals surface area contributed by atoms with E-state index >= 15 is 0 Å². The van der Waals surface area contributed by atoms with E-state index in [0.29, 0.717) is 16.3 Å². The molecule has 5 nitrogen and oxygen atoms in total. The molecule has 4 N–H and O–H groups in total. The number of carbonyl (C=O) groups is 1. The van der Waals surface area contributed by atoms with Crippen molar-refractivity contribution in [1.29, 1.82) is 0 Å². The van der Waals surface area contributed by atoms with Gasteiger partial charge in [-0.05, 0) is 17.7 Å². The Morgan fingerprint density at radius 1 is 1.53 bits per heavy atom. The molecule has 6 heteroatoms. The fourth-order valence-corrected chi connectivity index (χ4v) is 1.67. The van der Waals surface area contributed by atoms with Crippen LogP contribution in [0.15, 0.2) is 18.2 Å². The van der Waals surface area contributed by atoms with Gasteiger partial charge in [0.2, 0.25) is 5.91 Å². The van der Waals surface area contributed by atoms with Gasteiger partial charge in [0.05, 0.1) is 24.7 Å². The predicted molar refractivity (Wildman–Crippen MR) is 62.8 cm³/mol. The van der Waals surface area contributed by atoms with E-state index in [1.165, 1.54) is 13.2 Å². The Balaban J connectivity index is 2.85. The van der Waals surface area contributed by atoms with Gasteiger partial charge in [-0.2, -0.15) is 0 Å². The summed E-state index contributed by atoms with van der Waals surface area (Å²) in [5.74, 6) is -0.219. The van der Waals surface area contributed by atoms with Crippen molar-refractivity contribution in [2.45, 2.75) is 18.6 Å². The fourth-order valence-electron chi connectivity index (χ4n) is 1.41. The molecule has 0 spiro atoms. The van der Waals surface area contributed by atoms with Crippen LogP contribution in [0.4, 0.5) is 0 Å². The van der Waals surface area contributed by atoms with Crippen molar-refractivity contribution in [2.75, 3.05) is 7.11 Å². The maximum atomic E-state index is 10.6. The molecule has 0 fully saturated rings. The first-order valence-corrected chi connectivity index (χ1v) is 5.31. The van der Waals surface area contributed by atoms with E-state index in [2.05, 4.69) is 0 Å². The summed E-state index contributed by atoms with van der Waals surface area (Å²) < 4.78 is 4.95. The van der Waals surface area contributed by atoms with Gasteiger partial charge in [-0.3, -0.25) is 4.79 Å². The summed E-state index contributed by atoms with van der Waals surface area (Å²) in [7, 11) is 1.47. The zero-order chi connectivity index (χ0) is 13.0. The Hall–Kier alpha value is -1.30. The summed E-state index contributed by atoms with van der Waals surface area (Å²) in [4.78, 5) is 10.6. The Kier molecular flexibility index (Phi) is 4.74. The lowest BCUT2D eigenvalue weighted by Crippen LogP contribution is -2.25. The third kappa shape index (κ3) is 3.59. The van der Waals surface area contributed by atoms with Gasteiger partial charge in [-0.15, -0.1) is 0 Å². The van der Waals surface area contributed by atoms with Crippen LogP contribution in [0.3, 0.4) is 0 Å². The van der Waals surface area contributed by atoms with Crippen molar-refractivity contribution < 1.29 is 19.7 Å². The molecule has 0 heterocycles. The fraction of sp³-hybridized carbons (Fsp3) is 0.364. The molecule has 94 valence electrons. The quantitative estimate of drug-likeness (QED) is 0.723. The number of ether oxygens (including phenoxy) is 1. The lowest BCUT2D eigenvalue weighted by atomic mass is 10.0. The summed E-state index contributed by atoms with van der Waals surface area (Å²) in [6.45, 7) is 0. The number of methoxy groups -OCH3 is 1. The molecule has 1 aromatic carbocycles. The normalized spacial score (nSPS) is 14.1. The van der Waals surface area contributed by atoms with E-state index in [4.69, 9.17) is 22.1 Å². The molecule has 0 radical (unpaired) electrons. The number of carbonyl (C=O) groups excluding carboxylic acids is 1. The standard InChI is InChI=1S/C11H14ClNO4/c1-17-9-3-2-6(4-7(9)12)11(16)8(14)5-10(13)15/h2-4,8,11,14,16H,5H2,1H3,(H2,13,15). The van der Waals surface area contributed by atoms with Gasteiger partial charge in [-0.1, -0.05) is 17.7 Å². The first-order valence-electron chi connectivity index (χ1n) is 4.93. The molecule has 0 saturated carbocycles. The maximum absolute atomic E-state index is 10.6. The Labute approximate surface area is 104 Å². The molecular formula is C11H14ClNO4. The van der Waals surface area contributed by atoms with Gasteiger partial charge in [0.25, 0.3) is 0 Å². The van der Waals surface area contributed by atoms with Crippen molar-refractivity contribution in [3.05, 3.63) is 28.8 Å². The number of aliphatic hydroxyl groups excluding tert-OH is 2. The highest BCUT2D eigenvalue weighted by Crippen LogP contribution is 2.29. The van der Waals surface area contributed by atoms with Crippen LogP contribution < -0.4 is 10.5 Å². The summed E-state index contributed by atoms with van der Waals surface area (Å²) in [5.41, 5.74) is 5.32. The van der Waals surface area contributed by atoms with Crippen LogP contribution in [0.1, 0.15) is 18.1 Å². The summed E-state index contributed by atoms with van der Waals surface area (Å²) in [6.07, 6.45) is -2.78. The average Bonchev–Trinajstić information content (AvgIpc) is 2.27. The molecular weight excluding hydrogens is 246 g/mol. The smallest absolute Gasteiger partial charge is 0.220 e. The minimum Gasteiger partial charge on any atom is -0.495 e. The van der Waals surface area contributed by atoms with Gasteiger partial charge in [0.15, 0.2) is 0 Å². The first-order chi connectivity index (χ1) is 7.95. The second-order valence-corrected chi connectivity index (χ2v) is 3.98. The number of amides is 1. The molecule has 1 aromatic rings. The number of benzene rings is 1. The van der Waals surface area contributed by atoms with Crippen LogP contribution in [-0.4, -0.2) is 29.3 Å². The number of halogens is 1. The van der Waals surface area contributed by atoms with Crippen LogP contribution >= 0.6 is 11.6 Å². The molecule has 0 aliphatic carbocycles. The Bertz CT molecular complexity index is 410. The molecule has 1 rings (SSSR count). The third-order valence-corrected chi connectivity index (χ3v) is 2.59. The molecule has 2 unspecified atom stereocenters. The van der Waals surface area contributed by atoms with Gasteiger partial charge >= 0.3 is 0 Å². The van der Waals surface area contributed by atoms with Crippen LogP contribution in [0, 0.1) is 0 Å². The molecule has 0 aliphatic heterocycles. The van der Waals surface area contributed by atoms with Gasteiger partial charge in [-0.25, -0.2) is 0 Å². The monoisotopic (exact) mass is 259 g/mol. The zero-order valence-electron chi connectivity index (χ0n) is 9.26. The lowest BCUT2D eigenvalue weighted by molar-refractivity contribution is -0.121. The highest BCUT2D eigenvalue weighted by Gasteiger charge is 2.21. The highest BCUT2D eigenvalue weighted by atomic mass is 35.5. The van der Waals surface area contributed by atoms with Crippen LogP contribution in [-0.2, 0) is 4.79 Å². The van der Waals surface area contributed by atoms with Crippen LogP contribution in [0.25, 0.3) is 0 Å². The highest BCUT2D eigenvalue weighted by molar-refractivity contribution is 6.32. The molecule has 0 saturated heterocycles. The van der Waals surface area contributed by atoms with Crippen molar-refractivity contribution in [3.63, 3.8) is 0 Å². The maximum Gasteiger partial charge on any atom is 0.220 e. The van der Waals surface area contributed by atoms with E-state index in [9.17, 15) is 15.0 Å². The van der Waals surface area contributed by atoms with Crippen LogP contribution in [0.5, 0.6) is 5.75 Å². The second-order valence-electron chi connectivity index (χ2n) is 3.58. The van der Waals surface area contributed by atoms with E-state index in [-0.39, 0.29) is 6.42 Å². The van der Waals surface area contributed by atoms with Gasteiger partial charge < -0.3 is 20.7 Å². The number of primary amides is 1. The Morgan fingerprint density at radius 2 is 2.18 bits per heavy atom. The van der Waals surface area contributed by atoms with Crippen molar-refractivity contribution in [1.82, 2.24) is 0 Å². The molecule has 17 heavy (non-hydrogen) atoms. The molecule has 0 bridgehead atoms. The van der Waals surface area contributed by atoms with Crippen LogP contribution in [0.2, 0.25) is 5.02 Å². The Morgan fingerprint density at radius 3 is 2.65 bits per heavy atom. The minimum atomic E-state index is -1.25. The number of nitrogens with two attached hydrogens (primary N) is 1. The van der Waals surface area contributed by atoms with Crippen molar-refractivity contribution >= 4 is 17.5 Å².